The van der Waals surface area contributed by atoms with E-state index < -0.39 is 17.7 Å². The van der Waals surface area contributed by atoms with Gasteiger partial charge in [-0.3, -0.25) is 9.59 Å². The van der Waals surface area contributed by atoms with E-state index in [1.54, 1.807) is 19.2 Å². The summed E-state index contributed by atoms with van der Waals surface area (Å²) in [6, 6.07) is 18.6. The van der Waals surface area contributed by atoms with Crippen molar-refractivity contribution in [2.24, 2.45) is 0 Å². The van der Waals surface area contributed by atoms with E-state index in [4.69, 9.17) is 27.9 Å². The van der Waals surface area contributed by atoms with E-state index in [-0.39, 0.29) is 22.9 Å². The lowest BCUT2D eigenvalue weighted by atomic mass is 9.95. The van der Waals surface area contributed by atoms with Gasteiger partial charge in [-0.25, -0.2) is 0 Å². The molecule has 1 aliphatic rings. The second-order valence-corrected chi connectivity index (χ2v) is 9.17. The highest BCUT2D eigenvalue weighted by Crippen LogP contribution is 2.42. The number of aliphatic hydroxyl groups is 1. The second kappa shape index (κ2) is 10.0. The minimum Gasteiger partial charge on any atom is -0.507 e. The Morgan fingerprint density at radius 1 is 1.00 bits per heavy atom. The number of carbonyl (C=O) groups excluding carboxylic acids is 2. The molecule has 1 N–H and O–H groups in total. The molecule has 1 amide bonds. The number of Topliss-reactive ketones (excluding diaryl/α,β-unsaturated/α-hetero) is 1. The normalized spacial score (nSPS) is 17.1. The van der Waals surface area contributed by atoms with Gasteiger partial charge in [0.1, 0.15) is 11.5 Å². The Hall–Kier alpha value is -3.48. The van der Waals surface area contributed by atoms with Crippen molar-refractivity contribution in [3.05, 3.63) is 99.0 Å². The van der Waals surface area contributed by atoms with Gasteiger partial charge in [0.05, 0.1) is 35.3 Å². The Morgan fingerprint density at radius 3 is 2.31 bits per heavy atom. The third-order valence-electron chi connectivity index (χ3n) is 5.99. The van der Waals surface area contributed by atoms with Crippen LogP contribution in [0.2, 0.25) is 10.0 Å². The molecule has 1 unspecified atom stereocenters. The zero-order chi connectivity index (χ0) is 25.3. The fourth-order valence-electron chi connectivity index (χ4n) is 4.16. The zero-order valence-electron chi connectivity index (χ0n) is 19.5. The van der Waals surface area contributed by atoms with Crippen LogP contribution in [0.4, 0.5) is 5.69 Å². The van der Waals surface area contributed by atoms with Gasteiger partial charge in [-0.05, 0) is 42.0 Å². The lowest BCUT2D eigenvalue weighted by Crippen LogP contribution is -2.29. The molecule has 0 spiro atoms. The van der Waals surface area contributed by atoms with Crippen LogP contribution >= 0.6 is 23.2 Å². The van der Waals surface area contributed by atoms with Crippen LogP contribution in [0.25, 0.3) is 5.76 Å². The number of likely N-dealkylation sites (tertiary alicyclic amines) is 1. The fraction of sp³-hybridized carbons (Fsp3) is 0.185. The third kappa shape index (κ3) is 4.72. The van der Waals surface area contributed by atoms with Gasteiger partial charge in [-0.15, -0.1) is 0 Å². The number of ether oxygens (including phenoxy) is 1. The van der Waals surface area contributed by atoms with Crippen molar-refractivity contribution in [2.45, 2.75) is 12.6 Å². The molecule has 0 bridgehead atoms. The average molecular weight is 511 g/mol. The molecule has 0 saturated carbocycles. The van der Waals surface area contributed by atoms with Crippen molar-refractivity contribution >= 4 is 46.3 Å². The highest BCUT2D eigenvalue weighted by atomic mass is 35.5. The summed E-state index contributed by atoms with van der Waals surface area (Å²) in [6.07, 6.45) is 0. The van der Waals surface area contributed by atoms with Crippen molar-refractivity contribution < 1.29 is 19.4 Å². The number of para-hydroxylation sites is 1. The van der Waals surface area contributed by atoms with E-state index in [0.717, 1.165) is 11.3 Å². The molecule has 0 aliphatic carbocycles. The molecule has 6 nitrogen and oxygen atoms in total. The van der Waals surface area contributed by atoms with Crippen molar-refractivity contribution in [1.29, 1.82) is 0 Å². The first-order valence-corrected chi connectivity index (χ1v) is 11.6. The van der Waals surface area contributed by atoms with Crippen molar-refractivity contribution in [1.82, 2.24) is 4.90 Å². The predicted molar refractivity (Wildman–Crippen MR) is 138 cm³/mol. The number of nitrogens with zero attached hydrogens (tertiary/aromatic N) is 2. The summed E-state index contributed by atoms with van der Waals surface area (Å²) in [5.74, 6) is -1.20. The Balaban J connectivity index is 1.88. The highest BCUT2D eigenvalue weighted by molar-refractivity contribution is 6.46. The molecule has 3 aromatic carbocycles. The van der Waals surface area contributed by atoms with Crippen molar-refractivity contribution in [2.75, 3.05) is 26.1 Å². The van der Waals surface area contributed by atoms with Crippen LogP contribution in [0.3, 0.4) is 0 Å². The highest BCUT2D eigenvalue weighted by Gasteiger charge is 2.46. The molecule has 1 saturated heterocycles. The summed E-state index contributed by atoms with van der Waals surface area (Å²) in [6.45, 7) is 0.118. The largest absolute Gasteiger partial charge is 0.507 e. The van der Waals surface area contributed by atoms with Crippen molar-refractivity contribution in [3.63, 3.8) is 0 Å². The molecule has 0 radical (unpaired) electrons. The number of rotatable bonds is 6. The van der Waals surface area contributed by atoms with Crippen LogP contribution in [0, 0.1) is 0 Å². The Labute approximate surface area is 213 Å². The topological polar surface area (TPSA) is 70.1 Å². The number of benzene rings is 3. The number of methoxy groups -OCH3 is 1. The second-order valence-electron chi connectivity index (χ2n) is 8.35. The SMILES string of the molecule is COc1ccccc1CN1C(=O)C(=O)/C(=C(\O)c2ccc(Cl)c(Cl)c2)C1c1ccc(N(C)C)cc1. The Morgan fingerprint density at radius 2 is 1.69 bits per heavy atom. The van der Waals surface area contributed by atoms with Gasteiger partial charge in [0.2, 0.25) is 0 Å². The number of hydrogen-bond donors (Lipinski definition) is 1. The van der Waals surface area contributed by atoms with E-state index >= 15 is 0 Å². The number of anilines is 1. The first-order chi connectivity index (χ1) is 16.7. The van der Waals surface area contributed by atoms with Gasteiger partial charge in [0.25, 0.3) is 11.7 Å². The monoisotopic (exact) mass is 510 g/mol. The number of ketones is 1. The predicted octanol–water partition coefficient (Wildman–Crippen LogP) is 5.69. The summed E-state index contributed by atoms with van der Waals surface area (Å²) < 4.78 is 5.45. The quantitative estimate of drug-likeness (QED) is 0.262. The molecule has 1 atom stereocenters. The molecule has 180 valence electrons. The molecule has 35 heavy (non-hydrogen) atoms. The maximum Gasteiger partial charge on any atom is 0.295 e. The average Bonchev–Trinajstić information content (AvgIpc) is 3.10. The van der Waals surface area contributed by atoms with Crippen molar-refractivity contribution in [3.8, 4) is 5.75 Å². The molecule has 1 aliphatic heterocycles. The Kier molecular flexibility index (Phi) is 7.05. The van der Waals surface area contributed by atoms with Crippen LogP contribution in [0.1, 0.15) is 22.7 Å². The van der Waals surface area contributed by atoms with E-state index in [2.05, 4.69) is 0 Å². The number of hydrogen-bond acceptors (Lipinski definition) is 5. The third-order valence-corrected chi connectivity index (χ3v) is 6.73. The minimum atomic E-state index is -0.814. The molecule has 8 heteroatoms. The summed E-state index contributed by atoms with van der Waals surface area (Å²) in [7, 11) is 5.40. The fourth-order valence-corrected chi connectivity index (χ4v) is 4.46. The minimum absolute atomic E-state index is 0.0131. The molecule has 4 rings (SSSR count). The van der Waals surface area contributed by atoms with Crippen LogP contribution in [-0.4, -0.2) is 42.9 Å². The Bertz CT molecular complexity index is 1320. The van der Waals surface area contributed by atoms with Gasteiger partial charge in [0.15, 0.2) is 0 Å². The van der Waals surface area contributed by atoms with Crippen LogP contribution in [-0.2, 0) is 16.1 Å². The molecular weight excluding hydrogens is 487 g/mol. The van der Waals surface area contributed by atoms with E-state index in [1.165, 1.54) is 17.0 Å². The first kappa shape index (κ1) is 24.6. The standard InChI is InChI=1S/C27H24Cl2N2O4/c1-30(2)19-11-8-16(9-12-19)24-23(25(32)17-10-13-20(28)21(29)14-17)26(33)27(34)31(24)15-18-6-4-5-7-22(18)35-3/h4-14,24,32H,15H2,1-3H3/b25-23-. The smallest absolute Gasteiger partial charge is 0.295 e. The molecular formula is C27H24Cl2N2O4. The summed E-state index contributed by atoms with van der Waals surface area (Å²) in [5.41, 5.74) is 2.66. The maximum atomic E-state index is 13.3. The summed E-state index contributed by atoms with van der Waals surface area (Å²) in [5, 5.41) is 11.8. The number of carbonyl (C=O) groups is 2. The molecule has 0 aromatic heterocycles. The van der Waals surface area contributed by atoms with Gasteiger partial charge in [-0.1, -0.05) is 53.5 Å². The lowest BCUT2D eigenvalue weighted by molar-refractivity contribution is -0.140. The van der Waals surface area contributed by atoms with Gasteiger partial charge < -0.3 is 19.6 Å². The van der Waals surface area contributed by atoms with E-state index in [0.29, 0.717) is 21.9 Å². The first-order valence-electron chi connectivity index (χ1n) is 10.9. The van der Waals surface area contributed by atoms with Gasteiger partial charge in [0, 0.05) is 30.9 Å². The van der Waals surface area contributed by atoms with Gasteiger partial charge in [-0.2, -0.15) is 0 Å². The number of aliphatic hydroxyl groups excluding tert-OH is 1. The van der Waals surface area contributed by atoms with Crippen LogP contribution in [0.15, 0.2) is 72.3 Å². The summed E-state index contributed by atoms with van der Waals surface area (Å²) >= 11 is 12.2. The van der Waals surface area contributed by atoms with Crippen LogP contribution < -0.4 is 9.64 Å². The van der Waals surface area contributed by atoms with E-state index in [9.17, 15) is 14.7 Å². The lowest BCUT2D eigenvalue weighted by Gasteiger charge is -2.26. The van der Waals surface area contributed by atoms with Crippen LogP contribution in [0.5, 0.6) is 5.75 Å². The van der Waals surface area contributed by atoms with E-state index in [1.807, 2.05) is 61.5 Å². The maximum absolute atomic E-state index is 13.3. The zero-order valence-corrected chi connectivity index (χ0v) is 21.0. The molecule has 3 aromatic rings. The molecule has 1 fully saturated rings. The summed E-state index contributed by atoms with van der Waals surface area (Å²) in [4.78, 5) is 30.0. The molecule has 1 heterocycles. The number of amides is 1. The van der Waals surface area contributed by atoms with Gasteiger partial charge >= 0.3 is 0 Å². The number of halogens is 2.